The predicted molar refractivity (Wildman–Crippen MR) is 85.3 cm³/mol. The Balaban J connectivity index is 1.92. The second-order valence-electron chi connectivity index (χ2n) is 5.54. The molecule has 1 atom stereocenters. The number of amides is 1. The van der Waals surface area contributed by atoms with Gasteiger partial charge in [0.25, 0.3) is 5.91 Å². The van der Waals surface area contributed by atoms with E-state index in [0.717, 1.165) is 4.90 Å². The van der Waals surface area contributed by atoms with Crippen LogP contribution in [0.4, 0.5) is 10.1 Å². The van der Waals surface area contributed by atoms with Crippen LogP contribution in [0.15, 0.2) is 34.7 Å². The van der Waals surface area contributed by atoms with E-state index in [2.05, 4.69) is 10.1 Å². The Kier molecular flexibility index (Phi) is 5.70. The molecule has 0 fully saturated rings. The Morgan fingerprint density at radius 3 is 2.75 bits per heavy atom. The van der Waals surface area contributed by atoms with Gasteiger partial charge in [-0.25, -0.2) is 9.18 Å². The number of halogens is 1. The summed E-state index contributed by atoms with van der Waals surface area (Å²) in [5.74, 6) is -0.0358. The van der Waals surface area contributed by atoms with Crippen LogP contribution in [0.2, 0.25) is 0 Å². The lowest BCUT2D eigenvalue weighted by Crippen LogP contribution is -3.08. The number of furan rings is 1. The molecule has 2 N–H and O–H groups in total. The van der Waals surface area contributed by atoms with Crippen LogP contribution in [-0.4, -0.2) is 32.6 Å². The first kappa shape index (κ1) is 17.7. The standard InChI is InChI=1S/C17H19FN2O4/c1-11-15(17(22)23-3)8-14(24-11)9-20(2)10-16(21)19-13-6-4-5-12(18)7-13/h4-8H,9-10H2,1-3H3,(H,19,21)/p+1. The molecule has 0 radical (unpaired) electrons. The van der Waals surface area contributed by atoms with Crippen molar-refractivity contribution in [2.24, 2.45) is 0 Å². The van der Waals surface area contributed by atoms with Crippen LogP contribution < -0.4 is 10.2 Å². The largest absolute Gasteiger partial charge is 0.465 e. The van der Waals surface area contributed by atoms with Crippen LogP contribution in [0.1, 0.15) is 21.9 Å². The summed E-state index contributed by atoms with van der Waals surface area (Å²) in [5.41, 5.74) is 0.791. The van der Waals surface area contributed by atoms with Crippen molar-refractivity contribution in [2.75, 3.05) is 26.0 Å². The van der Waals surface area contributed by atoms with Gasteiger partial charge in [0.2, 0.25) is 0 Å². The average molecular weight is 335 g/mol. The number of likely N-dealkylation sites (N-methyl/N-ethyl adjacent to an activating group) is 1. The molecule has 1 aromatic carbocycles. The lowest BCUT2D eigenvalue weighted by atomic mass is 10.2. The third-order valence-electron chi connectivity index (χ3n) is 3.42. The summed E-state index contributed by atoms with van der Waals surface area (Å²) in [6.45, 7) is 2.28. The molecule has 7 heteroatoms. The van der Waals surface area contributed by atoms with Crippen LogP contribution in [-0.2, 0) is 16.1 Å². The quantitative estimate of drug-likeness (QED) is 0.777. The first-order valence-electron chi connectivity index (χ1n) is 7.43. The first-order chi connectivity index (χ1) is 11.4. The zero-order valence-corrected chi connectivity index (χ0v) is 13.8. The number of anilines is 1. The summed E-state index contributed by atoms with van der Waals surface area (Å²) in [5, 5.41) is 2.64. The number of methoxy groups -OCH3 is 1. The van der Waals surface area contributed by atoms with Gasteiger partial charge in [0.1, 0.15) is 23.7 Å². The van der Waals surface area contributed by atoms with Crippen molar-refractivity contribution in [1.29, 1.82) is 0 Å². The molecule has 2 aromatic rings. The summed E-state index contributed by atoms with van der Waals surface area (Å²) in [6.07, 6.45) is 0. The topological polar surface area (TPSA) is 73.0 Å². The molecule has 1 aromatic heterocycles. The number of hydrogen-bond acceptors (Lipinski definition) is 4. The van der Waals surface area contributed by atoms with Gasteiger partial charge in [-0.3, -0.25) is 4.79 Å². The summed E-state index contributed by atoms with van der Waals surface area (Å²) >= 11 is 0. The van der Waals surface area contributed by atoms with E-state index in [0.29, 0.717) is 29.3 Å². The van der Waals surface area contributed by atoms with Gasteiger partial charge in [0.05, 0.1) is 14.2 Å². The van der Waals surface area contributed by atoms with Crippen molar-refractivity contribution in [1.82, 2.24) is 0 Å². The minimum Gasteiger partial charge on any atom is -0.465 e. The molecule has 24 heavy (non-hydrogen) atoms. The molecule has 2 rings (SSSR count). The molecular weight excluding hydrogens is 315 g/mol. The maximum atomic E-state index is 13.1. The van der Waals surface area contributed by atoms with E-state index in [1.165, 1.54) is 25.3 Å². The van der Waals surface area contributed by atoms with Crippen molar-refractivity contribution in [3.63, 3.8) is 0 Å². The highest BCUT2D eigenvalue weighted by Gasteiger charge is 2.18. The highest BCUT2D eigenvalue weighted by Crippen LogP contribution is 2.14. The van der Waals surface area contributed by atoms with Crippen molar-refractivity contribution in [3.05, 3.63) is 53.2 Å². The molecule has 0 bridgehead atoms. The van der Waals surface area contributed by atoms with Crippen molar-refractivity contribution < 1.29 is 28.0 Å². The van der Waals surface area contributed by atoms with Gasteiger partial charge in [-0.1, -0.05) is 6.07 Å². The van der Waals surface area contributed by atoms with E-state index in [1.54, 1.807) is 19.1 Å². The van der Waals surface area contributed by atoms with E-state index in [9.17, 15) is 14.0 Å². The number of benzene rings is 1. The molecule has 0 saturated heterocycles. The van der Waals surface area contributed by atoms with Crippen LogP contribution in [0, 0.1) is 12.7 Å². The highest BCUT2D eigenvalue weighted by atomic mass is 19.1. The van der Waals surface area contributed by atoms with Gasteiger partial charge in [0.15, 0.2) is 12.3 Å². The summed E-state index contributed by atoms with van der Waals surface area (Å²) < 4.78 is 23.3. The molecule has 0 saturated carbocycles. The lowest BCUT2D eigenvalue weighted by Gasteiger charge is -2.12. The van der Waals surface area contributed by atoms with E-state index < -0.39 is 11.8 Å². The van der Waals surface area contributed by atoms with Crippen LogP contribution in [0.25, 0.3) is 0 Å². The van der Waals surface area contributed by atoms with Gasteiger partial charge in [-0.15, -0.1) is 0 Å². The number of rotatable bonds is 6. The van der Waals surface area contributed by atoms with Gasteiger partial charge < -0.3 is 19.4 Å². The maximum Gasteiger partial charge on any atom is 0.341 e. The zero-order chi connectivity index (χ0) is 17.7. The number of hydrogen-bond donors (Lipinski definition) is 2. The number of aryl methyl sites for hydroxylation is 1. The Labute approximate surface area is 139 Å². The van der Waals surface area contributed by atoms with Crippen LogP contribution >= 0.6 is 0 Å². The summed E-state index contributed by atoms with van der Waals surface area (Å²) in [6, 6.07) is 7.34. The van der Waals surface area contributed by atoms with E-state index in [4.69, 9.17) is 4.42 Å². The number of nitrogens with one attached hydrogen (secondary N) is 2. The molecule has 6 nitrogen and oxygen atoms in total. The number of carbonyl (C=O) groups excluding carboxylic acids is 2. The second kappa shape index (κ2) is 7.74. The summed E-state index contributed by atoms with van der Waals surface area (Å²) in [4.78, 5) is 24.4. The fraction of sp³-hybridized carbons (Fsp3) is 0.294. The Morgan fingerprint density at radius 1 is 1.33 bits per heavy atom. The number of carbonyl (C=O) groups is 2. The smallest absolute Gasteiger partial charge is 0.341 e. The average Bonchev–Trinajstić information content (AvgIpc) is 2.86. The summed E-state index contributed by atoms with van der Waals surface area (Å²) in [7, 11) is 3.13. The maximum absolute atomic E-state index is 13.1. The molecule has 0 aliphatic carbocycles. The van der Waals surface area contributed by atoms with Crippen LogP contribution in [0.3, 0.4) is 0 Å². The molecule has 1 amide bonds. The Bertz CT molecular complexity index is 742. The van der Waals surface area contributed by atoms with Crippen LogP contribution in [0.5, 0.6) is 0 Å². The monoisotopic (exact) mass is 335 g/mol. The molecule has 128 valence electrons. The minimum atomic E-state index is -0.455. The van der Waals surface area contributed by atoms with E-state index in [1.807, 2.05) is 7.05 Å². The third kappa shape index (κ3) is 4.66. The zero-order valence-electron chi connectivity index (χ0n) is 13.8. The highest BCUT2D eigenvalue weighted by molar-refractivity contribution is 5.91. The van der Waals surface area contributed by atoms with Gasteiger partial charge in [-0.2, -0.15) is 0 Å². The molecule has 1 unspecified atom stereocenters. The minimum absolute atomic E-state index is 0.170. The third-order valence-corrected chi connectivity index (χ3v) is 3.42. The molecular formula is C17H20FN2O4+. The normalized spacial score (nSPS) is 11.8. The van der Waals surface area contributed by atoms with Gasteiger partial charge in [-0.05, 0) is 25.1 Å². The van der Waals surface area contributed by atoms with Gasteiger partial charge >= 0.3 is 5.97 Å². The second-order valence-corrected chi connectivity index (χ2v) is 5.54. The van der Waals surface area contributed by atoms with Crippen molar-refractivity contribution >= 4 is 17.6 Å². The van der Waals surface area contributed by atoms with Gasteiger partial charge in [0, 0.05) is 11.8 Å². The number of ether oxygens (including phenoxy) is 1. The van der Waals surface area contributed by atoms with E-state index in [-0.39, 0.29) is 12.5 Å². The SMILES string of the molecule is COC(=O)c1cc(C[NH+](C)CC(=O)Nc2cccc(F)c2)oc1C. The van der Waals surface area contributed by atoms with Crippen molar-refractivity contribution in [2.45, 2.75) is 13.5 Å². The predicted octanol–water partition coefficient (Wildman–Crippen LogP) is 1.17. The fourth-order valence-electron chi connectivity index (χ4n) is 2.35. The number of esters is 1. The van der Waals surface area contributed by atoms with E-state index >= 15 is 0 Å². The Hall–Kier alpha value is -2.67. The first-order valence-corrected chi connectivity index (χ1v) is 7.43. The lowest BCUT2D eigenvalue weighted by molar-refractivity contribution is -0.886. The molecule has 0 aliphatic rings. The molecule has 0 aliphatic heterocycles. The Morgan fingerprint density at radius 2 is 2.08 bits per heavy atom. The van der Waals surface area contributed by atoms with Crippen molar-refractivity contribution in [3.8, 4) is 0 Å². The number of quaternary nitrogens is 1. The fourth-order valence-corrected chi connectivity index (χ4v) is 2.35. The molecule has 0 spiro atoms. The molecule has 1 heterocycles.